The molecule has 0 bridgehead atoms. The Bertz CT molecular complexity index is 817. The second-order valence-electron chi connectivity index (χ2n) is 6.99. The first-order valence-corrected chi connectivity index (χ1v) is 9.35. The molecule has 10 heteroatoms. The molecule has 0 spiro atoms. The second-order valence-corrected chi connectivity index (χ2v) is 6.99. The number of carbonyl (C=O) groups is 1. The van der Waals surface area contributed by atoms with Crippen LogP contribution in [0.1, 0.15) is 47.2 Å². The van der Waals surface area contributed by atoms with Crippen LogP contribution in [-0.4, -0.2) is 73.8 Å². The van der Waals surface area contributed by atoms with Gasteiger partial charge < -0.3 is 14.5 Å². The molecular formula is C17H24N8O2. The molecule has 27 heavy (non-hydrogen) atoms. The van der Waals surface area contributed by atoms with Crippen molar-refractivity contribution in [1.82, 2.24) is 35.1 Å². The molecule has 0 radical (unpaired) electrons. The van der Waals surface area contributed by atoms with Gasteiger partial charge in [-0.1, -0.05) is 0 Å². The number of hydrogen-bond donors (Lipinski definition) is 0. The number of anilines is 1. The molecule has 144 valence electrons. The van der Waals surface area contributed by atoms with Crippen LogP contribution in [0.5, 0.6) is 0 Å². The predicted octanol–water partition coefficient (Wildman–Crippen LogP) is 0.513. The van der Waals surface area contributed by atoms with Gasteiger partial charge in [0, 0.05) is 32.9 Å². The van der Waals surface area contributed by atoms with Gasteiger partial charge in [-0.3, -0.25) is 4.79 Å². The van der Waals surface area contributed by atoms with Crippen molar-refractivity contribution in [3.05, 3.63) is 23.3 Å². The van der Waals surface area contributed by atoms with Gasteiger partial charge in [-0.05, 0) is 36.6 Å². The van der Waals surface area contributed by atoms with Crippen LogP contribution >= 0.6 is 0 Å². The number of aryl methyl sites for hydroxylation is 2. The van der Waals surface area contributed by atoms with Crippen LogP contribution in [-0.2, 0) is 11.8 Å². The molecule has 1 amide bonds. The maximum absolute atomic E-state index is 13.0. The Balaban J connectivity index is 1.49. The van der Waals surface area contributed by atoms with Crippen LogP contribution in [0.4, 0.5) is 5.95 Å². The first kappa shape index (κ1) is 17.8. The number of piperidine rings is 1. The van der Waals surface area contributed by atoms with Crippen LogP contribution in [0, 0.1) is 6.92 Å². The Hall–Kier alpha value is -2.62. The van der Waals surface area contributed by atoms with Crippen molar-refractivity contribution in [3.8, 4) is 0 Å². The van der Waals surface area contributed by atoms with Crippen molar-refractivity contribution in [2.75, 3.05) is 37.7 Å². The van der Waals surface area contributed by atoms with Crippen LogP contribution in [0.2, 0.25) is 0 Å². The van der Waals surface area contributed by atoms with Gasteiger partial charge >= 0.3 is 0 Å². The topological polar surface area (TPSA) is 102 Å². The SMILES string of the molecule is Cc1nc(N2CCCCC2)ncc1C(=O)N1CCOC(c2nnnn2C)C1. The van der Waals surface area contributed by atoms with Gasteiger partial charge in [0.25, 0.3) is 5.91 Å². The lowest BCUT2D eigenvalue weighted by Gasteiger charge is -2.32. The van der Waals surface area contributed by atoms with Crippen LogP contribution in [0.3, 0.4) is 0 Å². The fourth-order valence-electron chi connectivity index (χ4n) is 3.58. The molecule has 2 aromatic heterocycles. The summed E-state index contributed by atoms with van der Waals surface area (Å²) in [5, 5.41) is 11.5. The van der Waals surface area contributed by atoms with E-state index in [0.717, 1.165) is 25.9 Å². The Morgan fingerprint density at radius 2 is 2.04 bits per heavy atom. The van der Waals surface area contributed by atoms with Gasteiger partial charge in [0.1, 0.15) is 6.10 Å². The summed E-state index contributed by atoms with van der Waals surface area (Å²) in [4.78, 5) is 26.0. The average Bonchev–Trinajstić information content (AvgIpc) is 3.14. The maximum atomic E-state index is 13.0. The first-order chi connectivity index (χ1) is 13.1. The van der Waals surface area contributed by atoms with E-state index in [1.54, 1.807) is 22.8 Å². The standard InChI is InChI=1S/C17H24N8O2/c1-12-13(10-18-17(19-12)24-6-4-3-5-7-24)16(26)25-8-9-27-14(11-25)15-20-21-22-23(15)2/h10,14H,3-9,11H2,1-2H3. The molecule has 1 atom stereocenters. The van der Waals surface area contributed by atoms with Crippen LogP contribution in [0.15, 0.2) is 6.20 Å². The number of hydrogen-bond acceptors (Lipinski definition) is 8. The summed E-state index contributed by atoms with van der Waals surface area (Å²) in [6.45, 7) is 5.18. The van der Waals surface area contributed by atoms with E-state index in [4.69, 9.17) is 4.74 Å². The molecule has 4 rings (SSSR count). The molecule has 2 saturated heterocycles. The molecule has 1 unspecified atom stereocenters. The second kappa shape index (κ2) is 7.55. The lowest BCUT2D eigenvalue weighted by atomic mass is 10.1. The molecule has 0 N–H and O–H groups in total. The molecule has 0 aliphatic carbocycles. The smallest absolute Gasteiger partial charge is 0.257 e. The fourth-order valence-corrected chi connectivity index (χ4v) is 3.58. The normalized spacial score (nSPS) is 20.7. The number of ether oxygens (including phenoxy) is 1. The Morgan fingerprint density at radius 3 is 2.74 bits per heavy atom. The van der Waals surface area contributed by atoms with Crippen molar-refractivity contribution in [2.24, 2.45) is 7.05 Å². The lowest BCUT2D eigenvalue weighted by molar-refractivity contribution is -0.0284. The average molecular weight is 372 g/mol. The zero-order valence-electron chi connectivity index (χ0n) is 15.7. The lowest BCUT2D eigenvalue weighted by Crippen LogP contribution is -2.43. The number of morpholine rings is 1. The number of rotatable bonds is 3. The highest BCUT2D eigenvalue weighted by molar-refractivity contribution is 5.95. The van der Waals surface area contributed by atoms with Gasteiger partial charge in [-0.25, -0.2) is 14.6 Å². The molecule has 0 saturated carbocycles. The zero-order valence-corrected chi connectivity index (χ0v) is 15.7. The molecule has 4 heterocycles. The minimum Gasteiger partial charge on any atom is -0.366 e. The minimum absolute atomic E-state index is 0.0823. The molecule has 2 aliphatic heterocycles. The Morgan fingerprint density at radius 1 is 1.22 bits per heavy atom. The zero-order chi connectivity index (χ0) is 18.8. The quantitative estimate of drug-likeness (QED) is 0.768. The van der Waals surface area contributed by atoms with E-state index in [9.17, 15) is 4.79 Å². The van der Waals surface area contributed by atoms with E-state index in [2.05, 4.69) is 30.4 Å². The summed E-state index contributed by atoms with van der Waals surface area (Å²) in [6.07, 6.45) is 4.90. The van der Waals surface area contributed by atoms with Crippen molar-refractivity contribution >= 4 is 11.9 Å². The predicted molar refractivity (Wildman–Crippen MR) is 96.2 cm³/mol. The number of nitrogens with zero attached hydrogens (tertiary/aromatic N) is 8. The molecule has 2 aromatic rings. The first-order valence-electron chi connectivity index (χ1n) is 9.35. The number of carbonyl (C=O) groups excluding carboxylic acids is 1. The summed E-state index contributed by atoms with van der Waals surface area (Å²) in [6, 6.07) is 0. The Labute approximate surface area is 157 Å². The highest BCUT2D eigenvalue weighted by Crippen LogP contribution is 2.22. The van der Waals surface area contributed by atoms with E-state index in [1.807, 2.05) is 6.92 Å². The monoisotopic (exact) mass is 372 g/mol. The van der Waals surface area contributed by atoms with E-state index >= 15 is 0 Å². The summed E-state index contributed by atoms with van der Waals surface area (Å²) in [5.74, 6) is 1.25. The molecule has 0 aromatic carbocycles. The van der Waals surface area contributed by atoms with E-state index in [1.165, 1.54) is 6.42 Å². The number of aromatic nitrogens is 6. The third-order valence-electron chi connectivity index (χ3n) is 5.13. The Kier molecular flexibility index (Phi) is 4.97. The number of tetrazole rings is 1. The summed E-state index contributed by atoms with van der Waals surface area (Å²) >= 11 is 0. The van der Waals surface area contributed by atoms with Crippen molar-refractivity contribution in [1.29, 1.82) is 0 Å². The number of amides is 1. The van der Waals surface area contributed by atoms with Gasteiger partial charge in [0.15, 0.2) is 5.82 Å². The van der Waals surface area contributed by atoms with Crippen molar-refractivity contribution in [3.63, 3.8) is 0 Å². The van der Waals surface area contributed by atoms with Crippen molar-refractivity contribution in [2.45, 2.75) is 32.3 Å². The summed E-state index contributed by atoms with van der Waals surface area (Å²) < 4.78 is 7.32. The summed E-state index contributed by atoms with van der Waals surface area (Å²) in [5.41, 5.74) is 1.24. The van der Waals surface area contributed by atoms with E-state index in [0.29, 0.717) is 42.7 Å². The van der Waals surface area contributed by atoms with Gasteiger partial charge in [0.2, 0.25) is 5.95 Å². The van der Waals surface area contributed by atoms with Crippen LogP contribution < -0.4 is 4.90 Å². The molecular weight excluding hydrogens is 348 g/mol. The third-order valence-corrected chi connectivity index (χ3v) is 5.13. The van der Waals surface area contributed by atoms with Gasteiger partial charge in [-0.15, -0.1) is 5.10 Å². The highest BCUT2D eigenvalue weighted by atomic mass is 16.5. The van der Waals surface area contributed by atoms with E-state index in [-0.39, 0.29) is 12.0 Å². The fraction of sp³-hybridized carbons (Fsp3) is 0.647. The van der Waals surface area contributed by atoms with E-state index < -0.39 is 0 Å². The summed E-state index contributed by atoms with van der Waals surface area (Å²) in [7, 11) is 1.76. The minimum atomic E-state index is -0.337. The van der Waals surface area contributed by atoms with Crippen LogP contribution in [0.25, 0.3) is 0 Å². The third kappa shape index (κ3) is 3.61. The largest absolute Gasteiger partial charge is 0.366 e. The molecule has 10 nitrogen and oxygen atoms in total. The highest BCUT2D eigenvalue weighted by Gasteiger charge is 2.30. The van der Waals surface area contributed by atoms with Gasteiger partial charge in [-0.2, -0.15) is 0 Å². The van der Waals surface area contributed by atoms with Crippen molar-refractivity contribution < 1.29 is 9.53 Å². The molecule has 2 fully saturated rings. The molecule has 2 aliphatic rings. The maximum Gasteiger partial charge on any atom is 0.257 e. The van der Waals surface area contributed by atoms with Gasteiger partial charge in [0.05, 0.1) is 24.4 Å².